The van der Waals surface area contributed by atoms with Crippen LogP contribution in [-0.2, 0) is 20.7 Å². The predicted octanol–water partition coefficient (Wildman–Crippen LogP) is 2.42. The summed E-state index contributed by atoms with van der Waals surface area (Å²) >= 11 is 0. The minimum atomic E-state index is -0.799. The van der Waals surface area contributed by atoms with Gasteiger partial charge in [0.05, 0.1) is 7.11 Å². The van der Waals surface area contributed by atoms with Crippen molar-refractivity contribution >= 4 is 5.97 Å². The fourth-order valence-electron chi connectivity index (χ4n) is 3.64. The van der Waals surface area contributed by atoms with Crippen LogP contribution >= 0.6 is 0 Å². The first kappa shape index (κ1) is 13.6. The first-order valence-corrected chi connectivity index (χ1v) is 7.50. The Morgan fingerprint density at radius 2 is 2.23 bits per heavy atom. The van der Waals surface area contributed by atoms with Crippen LogP contribution in [0.15, 0.2) is 23.8 Å². The number of carbonyl (C=O) groups excluding carboxylic acids is 1. The quantitative estimate of drug-likeness (QED) is 0.490. The standard InChI is InChI=1S/C17H18O5/c1-9-4-3-7-17-15(22-17)14(21-16(17)19)13-10(8-9)11(18)5-6-12(13)20-2/h4-6,14-15,18H,3,7-8H2,1-2H3/b9-4-/t14-,15-,17-/m1/s1. The van der Waals surface area contributed by atoms with Gasteiger partial charge in [0.2, 0.25) is 0 Å². The number of ether oxygens (including phenoxy) is 3. The number of carbonyl (C=O) groups is 1. The summed E-state index contributed by atoms with van der Waals surface area (Å²) in [6.07, 6.45) is 3.33. The van der Waals surface area contributed by atoms with Crippen LogP contribution in [0.4, 0.5) is 0 Å². The lowest BCUT2D eigenvalue weighted by Gasteiger charge is -2.20. The summed E-state index contributed by atoms with van der Waals surface area (Å²) in [6, 6.07) is 3.32. The number of epoxide rings is 1. The molecule has 2 fully saturated rings. The van der Waals surface area contributed by atoms with Gasteiger partial charge in [0.25, 0.3) is 0 Å². The lowest BCUT2D eigenvalue weighted by atomic mass is 9.88. The smallest absolute Gasteiger partial charge is 0.342 e. The molecule has 0 spiro atoms. The van der Waals surface area contributed by atoms with Crippen molar-refractivity contribution in [1.29, 1.82) is 0 Å². The third-order valence-electron chi connectivity index (χ3n) is 4.86. The molecule has 2 bridgehead atoms. The van der Waals surface area contributed by atoms with Crippen molar-refractivity contribution in [1.82, 2.24) is 0 Å². The molecule has 3 atom stereocenters. The molecule has 116 valence electrons. The van der Waals surface area contributed by atoms with E-state index >= 15 is 0 Å². The van der Waals surface area contributed by atoms with Crippen LogP contribution < -0.4 is 4.74 Å². The highest BCUT2D eigenvalue weighted by atomic mass is 16.7. The minimum Gasteiger partial charge on any atom is -0.508 e. The number of methoxy groups -OCH3 is 1. The first-order chi connectivity index (χ1) is 10.6. The lowest BCUT2D eigenvalue weighted by Crippen LogP contribution is -2.22. The molecule has 0 unspecified atom stereocenters. The number of hydrogen-bond donors (Lipinski definition) is 1. The number of hydrogen-bond acceptors (Lipinski definition) is 5. The molecule has 0 aromatic heterocycles. The summed E-state index contributed by atoms with van der Waals surface area (Å²) in [5.74, 6) is 0.510. The van der Waals surface area contributed by atoms with Gasteiger partial charge in [-0.2, -0.15) is 0 Å². The monoisotopic (exact) mass is 302 g/mol. The Hall–Kier alpha value is -2.01. The molecule has 2 heterocycles. The Morgan fingerprint density at radius 1 is 1.41 bits per heavy atom. The fourth-order valence-corrected chi connectivity index (χ4v) is 3.64. The number of allylic oxidation sites excluding steroid dienone is 2. The van der Waals surface area contributed by atoms with Crippen molar-refractivity contribution in [2.24, 2.45) is 0 Å². The number of aromatic hydroxyl groups is 1. The molecule has 2 aliphatic heterocycles. The Balaban J connectivity index is 1.92. The molecule has 2 saturated heterocycles. The maximum absolute atomic E-state index is 12.3. The molecule has 1 aromatic carbocycles. The van der Waals surface area contributed by atoms with E-state index in [1.165, 1.54) is 0 Å². The molecule has 0 radical (unpaired) electrons. The zero-order valence-electron chi connectivity index (χ0n) is 12.6. The van der Waals surface area contributed by atoms with Crippen LogP contribution in [0.25, 0.3) is 0 Å². The van der Waals surface area contributed by atoms with E-state index in [4.69, 9.17) is 14.2 Å². The number of phenolic OH excluding ortho intramolecular Hbond substituents is 1. The van der Waals surface area contributed by atoms with E-state index in [2.05, 4.69) is 6.08 Å². The van der Waals surface area contributed by atoms with Gasteiger partial charge in [-0.1, -0.05) is 11.6 Å². The van der Waals surface area contributed by atoms with Crippen LogP contribution in [-0.4, -0.2) is 29.9 Å². The van der Waals surface area contributed by atoms with E-state index in [1.807, 2.05) is 6.92 Å². The van der Waals surface area contributed by atoms with Gasteiger partial charge in [0.1, 0.15) is 17.6 Å². The Bertz CT molecular complexity index is 693. The molecular formula is C17H18O5. The van der Waals surface area contributed by atoms with E-state index in [0.29, 0.717) is 18.6 Å². The molecule has 3 aliphatic rings. The van der Waals surface area contributed by atoms with Crippen molar-refractivity contribution in [2.75, 3.05) is 7.11 Å². The summed E-state index contributed by atoms with van der Waals surface area (Å²) in [6.45, 7) is 2.03. The highest BCUT2D eigenvalue weighted by Crippen LogP contribution is 2.58. The second-order valence-corrected chi connectivity index (χ2v) is 6.20. The Morgan fingerprint density at radius 3 is 2.95 bits per heavy atom. The summed E-state index contributed by atoms with van der Waals surface area (Å²) in [4.78, 5) is 12.3. The zero-order chi connectivity index (χ0) is 15.5. The van der Waals surface area contributed by atoms with Crippen molar-refractivity contribution in [3.63, 3.8) is 0 Å². The zero-order valence-corrected chi connectivity index (χ0v) is 12.6. The normalized spacial score (nSPS) is 34.8. The fraction of sp³-hybridized carbons (Fsp3) is 0.471. The van der Waals surface area contributed by atoms with Crippen molar-refractivity contribution in [2.45, 2.75) is 44.0 Å². The molecule has 22 heavy (non-hydrogen) atoms. The van der Waals surface area contributed by atoms with Gasteiger partial charge >= 0.3 is 5.97 Å². The molecule has 5 heteroatoms. The molecule has 1 aliphatic carbocycles. The van der Waals surface area contributed by atoms with Gasteiger partial charge in [0.15, 0.2) is 11.7 Å². The molecule has 0 saturated carbocycles. The Labute approximate surface area is 128 Å². The van der Waals surface area contributed by atoms with E-state index in [1.54, 1.807) is 19.2 Å². The minimum absolute atomic E-state index is 0.193. The van der Waals surface area contributed by atoms with Gasteiger partial charge < -0.3 is 19.3 Å². The van der Waals surface area contributed by atoms with E-state index in [0.717, 1.165) is 23.1 Å². The highest BCUT2D eigenvalue weighted by Gasteiger charge is 2.73. The molecule has 4 rings (SSSR count). The molecular weight excluding hydrogens is 284 g/mol. The number of esters is 1. The van der Waals surface area contributed by atoms with Crippen LogP contribution in [0.1, 0.15) is 37.0 Å². The summed E-state index contributed by atoms with van der Waals surface area (Å²) in [5.41, 5.74) is 1.83. The average Bonchev–Trinajstić information content (AvgIpc) is 3.16. The predicted molar refractivity (Wildman–Crippen MR) is 77.8 cm³/mol. The third-order valence-corrected chi connectivity index (χ3v) is 4.86. The summed E-state index contributed by atoms with van der Waals surface area (Å²) in [5, 5.41) is 10.3. The number of fused-ring (bicyclic) bond motifs is 2. The van der Waals surface area contributed by atoms with Crippen LogP contribution in [0, 0.1) is 0 Å². The summed E-state index contributed by atoms with van der Waals surface area (Å²) in [7, 11) is 1.58. The third kappa shape index (κ3) is 1.72. The van der Waals surface area contributed by atoms with Gasteiger partial charge in [-0.05, 0) is 38.3 Å². The number of rotatable bonds is 1. The molecule has 0 amide bonds. The van der Waals surface area contributed by atoms with Crippen LogP contribution in [0.3, 0.4) is 0 Å². The van der Waals surface area contributed by atoms with E-state index < -0.39 is 11.7 Å². The van der Waals surface area contributed by atoms with Gasteiger partial charge in [-0.3, -0.25) is 0 Å². The lowest BCUT2D eigenvalue weighted by molar-refractivity contribution is -0.154. The maximum Gasteiger partial charge on any atom is 0.342 e. The largest absolute Gasteiger partial charge is 0.508 e. The van der Waals surface area contributed by atoms with Crippen molar-refractivity contribution < 1.29 is 24.1 Å². The van der Waals surface area contributed by atoms with Crippen molar-refractivity contribution in [3.8, 4) is 11.5 Å². The number of benzene rings is 1. The topological polar surface area (TPSA) is 68.3 Å². The van der Waals surface area contributed by atoms with Crippen molar-refractivity contribution in [3.05, 3.63) is 34.9 Å². The van der Waals surface area contributed by atoms with Gasteiger partial charge in [0, 0.05) is 11.1 Å². The Kier molecular flexibility index (Phi) is 2.78. The number of phenols is 1. The van der Waals surface area contributed by atoms with E-state index in [9.17, 15) is 9.90 Å². The second kappa shape index (κ2) is 4.49. The van der Waals surface area contributed by atoms with Crippen LogP contribution in [0.2, 0.25) is 0 Å². The first-order valence-electron chi connectivity index (χ1n) is 7.50. The van der Waals surface area contributed by atoms with Crippen LogP contribution in [0.5, 0.6) is 11.5 Å². The maximum atomic E-state index is 12.3. The molecule has 1 aromatic rings. The SMILES string of the molecule is COc1ccc(O)c2c1[C@H]1OC(=O)[C@]3(CC/C=C(/C)C2)O[C@H]13. The molecule has 5 nitrogen and oxygen atoms in total. The second-order valence-electron chi connectivity index (χ2n) is 6.20. The van der Waals surface area contributed by atoms with Gasteiger partial charge in [-0.25, -0.2) is 4.79 Å². The average molecular weight is 302 g/mol. The van der Waals surface area contributed by atoms with Gasteiger partial charge in [-0.15, -0.1) is 0 Å². The van der Waals surface area contributed by atoms with E-state index in [-0.39, 0.29) is 17.8 Å². The molecule has 1 N–H and O–H groups in total. The summed E-state index contributed by atoms with van der Waals surface area (Å²) < 4.78 is 16.8. The highest BCUT2D eigenvalue weighted by molar-refractivity contribution is 5.87.